The molecular formula is C10H17FN2O. The third-order valence-electron chi connectivity index (χ3n) is 2.10. The molecule has 4 heteroatoms. The summed E-state index contributed by atoms with van der Waals surface area (Å²) in [6.07, 6.45) is 2.08. The van der Waals surface area contributed by atoms with Crippen LogP contribution in [0.15, 0.2) is 11.6 Å². The lowest BCUT2D eigenvalue weighted by Crippen LogP contribution is -2.55. The molecule has 0 unspecified atom stereocenters. The fourth-order valence-corrected chi connectivity index (χ4v) is 1.24. The van der Waals surface area contributed by atoms with Crippen LogP contribution in [-0.4, -0.2) is 36.7 Å². The number of nitrogens with zero attached hydrogens (tertiary/aromatic N) is 1. The standard InChI is InChI=1S/C10H17FN2O/c1-8(2)4-3-5-12-10(14)13-6-9(11)7-13/h4,9H,3,5-7H2,1-2H3,(H,12,14). The molecule has 0 bridgehead atoms. The zero-order valence-electron chi connectivity index (χ0n) is 8.72. The second-order valence-corrected chi connectivity index (χ2v) is 3.80. The molecule has 1 heterocycles. The zero-order chi connectivity index (χ0) is 10.6. The Morgan fingerprint density at radius 3 is 2.71 bits per heavy atom. The molecule has 1 aliphatic heterocycles. The van der Waals surface area contributed by atoms with Crippen LogP contribution >= 0.6 is 0 Å². The van der Waals surface area contributed by atoms with Crippen LogP contribution in [0.5, 0.6) is 0 Å². The van der Waals surface area contributed by atoms with Crippen LogP contribution in [0.25, 0.3) is 0 Å². The lowest BCUT2D eigenvalue weighted by atomic mass is 10.2. The summed E-state index contributed by atoms with van der Waals surface area (Å²) in [7, 11) is 0. The Balaban J connectivity index is 2.07. The van der Waals surface area contributed by atoms with Gasteiger partial charge in [-0.3, -0.25) is 0 Å². The molecule has 0 spiro atoms. The van der Waals surface area contributed by atoms with Gasteiger partial charge in [0, 0.05) is 6.54 Å². The van der Waals surface area contributed by atoms with Crippen molar-refractivity contribution in [2.75, 3.05) is 19.6 Å². The van der Waals surface area contributed by atoms with E-state index in [0.29, 0.717) is 6.54 Å². The quantitative estimate of drug-likeness (QED) is 0.546. The van der Waals surface area contributed by atoms with Crippen molar-refractivity contribution >= 4 is 6.03 Å². The van der Waals surface area contributed by atoms with E-state index in [-0.39, 0.29) is 19.1 Å². The predicted octanol–water partition coefficient (Wildman–Crippen LogP) is 1.71. The van der Waals surface area contributed by atoms with Crippen LogP contribution in [0.3, 0.4) is 0 Å². The summed E-state index contributed by atoms with van der Waals surface area (Å²) < 4.78 is 12.4. The third-order valence-corrected chi connectivity index (χ3v) is 2.10. The normalized spacial score (nSPS) is 16.1. The van der Waals surface area contributed by atoms with E-state index in [4.69, 9.17) is 0 Å². The maximum Gasteiger partial charge on any atom is 0.317 e. The number of likely N-dealkylation sites (tertiary alicyclic amines) is 1. The minimum Gasteiger partial charge on any atom is -0.338 e. The highest BCUT2D eigenvalue weighted by atomic mass is 19.1. The predicted molar refractivity (Wildman–Crippen MR) is 53.9 cm³/mol. The zero-order valence-corrected chi connectivity index (χ0v) is 8.72. The Labute approximate surface area is 84.0 Å². The maximum atomic E-state index is 12.4. The summed E-state index contributed by atoms with van der Waals surface area (Å²) in [6.45, 7) is 5.15. The van der Waals surface area contributed by atoms with Crippen molar-refractivity contribution in [3.05, 3.63) is 11.6 Å². The number of hydrogen-bond acceptors (Lipinski definition) is 1. The first-order chi connectivity index (χ1) is 6.59. The molecule has 2 amide bonds. The molecule has 0 saturated carbocycles. The molecule has 1 N–H and O–H groups in total. The minimum absolute atomic E-state index is 0.152. The number of rotatable bonds is 3. The number of hydrogen-bond donors (Lipinski definition) is 1. The first kappa shape index (κ1) is 11.0. The van der Waals surface area contributed by atoms with E-state index in [2.05, 4.69) is 11.4 Å². The van der Waals surface area contributed by atoms with Crippen LogP contribution < -0.4 is 5.32 Å². The summed E-state index contributed by atoms with van der Waals surface area (Å²) >= 11 is 0. The lowest BCUT2D eigenvalue weighted by molar-refractivity contribution is 0.0900. The molecule has 1 saturated heterocycles. The van der Waals surface area contributed by atoms with Crippen LogP contribution in [0.2, 0.25) is 0 Å². The number of urea groups is 1. The first-order valence-corrected chi connectivity index (χ1v) is 4.90. The summed E-state index contributed by atoms with van der Waals surface area (Å²) in [5, 5.41) is 2.74. The number of allylic oxidation sites excluding steroid dienone is 1. The molecule has 0 atom stereocenters. The monoisotopic (exact) mass is 200 g/mol. The Morgan fingerprint density at radius 2 is 2.21 bits per heavy atom. The van der Waals surface area contributed by atoms with Gasteiger partial charge >= 0.3 is 6.03 Å². The van der Waals surface area contributed by atoms with Gasteiger partial charge in [-0.25, -0.2) is 9.18 Å². The van der Waals surface area contributed by atoms with E-state index in [1.54, 1.807) is 0 Å². The third kappa shape index (κ3) is 3.36. The van der Waals surface area contributed by atoms with Crippen molar-refractivity contribution in [1.29, 1.82) is 0 Å². The van der Waals surface area contributed by atoms with Crippen molar-refractivity contribution in [2.24, 2.45) is 0 Å². The largest absolute Gasteiger partial charge is 0.338 e. The molecule has 0 aromatic heterocycles. The fourth-order valence-electron chi connectivity index (χ4n) is 1.24. The fraction of sp³-hybridized carbons (Fsp3) is 0.700. The van der Waals surface area contributed by atoms with E-state index < -0.39 is 6.17 Å². The number of carbonyl (C=O) groups excluding carboxylic acids is 1. The van der Waals surface area contributed by atoms with Crippen LogP contribution in [0, 0.1) is 0 Å². The molecule has 0 aromatic carbocycles. The topological polar surface area (TPSA) is 32.3 Å². The average molecular weight is 200 g/mol. The van der Waals surface area contributed by atoms with Gasteiger partial charge in [0.1, 0.15) is 6.17 Å². The highest BCUT2D eigenvalue weighted by Crippen LogP contribution is 2.10. The van der Waals surface area contributed by atoms with Crippen LogP contribution in [0.4, 0.5) is 9.18 Å². The number of carbonyl (C=O) groups is 1. The Morgan fingerprint density at radius 1 is 1.57 bits per heavy atom. The van der Waals surface area contributed by atoms with Gasteiger partial charge in [0.25, 0.3) is 0 Å². The minimum atomic E-state index is -0.821. The SMILES string of the molecule is CC(C)=CCCNC(=O)N1CC(F)C1. The number of alkyl halides is 1. The molecule has 3 nitrogen and oxygen atoms in total. The second kappa shape index (κ2) is 4.98. The molecule has 80 valence electrons. The Bertz CT molecular complexity index is 230. The summed E-state index contributed by atoms with van der Waals surface area (Å²) in [5.41, 5.74) is 1.24. The molecule has 1 aliphatic rings. The lowest BCUT2D eigenvalue weighted by Gasteiger charge is -2.34. The van der Waals surface area contributed by atoms with Crippen molar-refractivity contribution in [1.82, 2.24) is 10.2 Å². The van der Waals surface area contributed by atoms with Gasteiger partial charge in [0.2, 0.25) is 0 Å². The first-order valence-electron chi connectivity index (χ1n) is 4.90. The molecule has 1 rings (SSSR count). The van der Waals surface area contributed by atoms with Crippen molar-refractivity contribution in [3.63, 3.8) is 0 Å². The molecular weight excluding hydrogens is 183 g/mol. The molecule has 1 fully saturated rings. The molecule has 0 aromatic rings. The van der Waals surface area contributed by atoms with Gasteiger partial charge in [0.05, 0.1) is 13.1 Å². The van der Waals surface area contributed by atoms with Gasteiger partial charge in [0.15, 0.2) is 0 Å². The van der Waals surface area contributed by atoms with E-state index in [9.17, 15) is 9.18 Å². The van der Waals surface area contributed by atoms with Crippen molar-refractivity contribution < 1.29 is 9.18 Å². The summed E-state index contributed by atoms with van der Waals surface area (Å²) in [4.78, 5) is 12.7. The molecule has 0 aliphatic carbocycles. The van der Waals surface area contributed by atoms with Gasteiger partial charge in [-0.05, 0) is 20.3 Å². The van der Waals surface area contributed by atoms with E-state index in [0.717, 1.165) is 6.42 Å². The Kier molecular flexibility index (Phi) is 3.92. The molecule has 14 heavy (non-hydrogen) atoms. The van der Waals surface area contributed by atoms with Gasteiger partial charge < -0.3 is 10.2 Å². The van der Waals surface area contributed by atoms with Gasteiger partial charge in [-0.15, -0.1) is 0 Å². The van der Waals surface area contributed by atoms with Gasteiger partial charge in [-0.2, -0.15) is 0 Å². The second-order valence-electron chi connectivity index (χ2n) is 3.80. The summed E-state index contributed by atoms with van der Waals surface area (Å²) in [5.74, 6) is 0. The summed E-state index contributed by atoms with van der Waals surface area (Å²) in [6, 6.07) is -0.152. The number of nitrogens with one attached hydrogen (secondary N) is 1. The van der Waals surface area contributed by atoms with Crippen molar-refractivity contribution in [3.8, 4) is 0 Å². The van der Waals surface area contributed by atoms with Crippen LogP contribution in [0.1, 0.15) is 20.3 Å². The van der Waals surface area contributed by atoms with E-state index in [1.807, 2.05) is 13.8 Å². The average Bonchev–Trinajstić information content (AvgIpc) is 2.06. The molecule has 0 radical (unpaired) electrons. The number of halogens is 1. The highest BCUT2D eigenvalue weighted by Gasteiger charge is 2.29. The van der Waals surface area contributed by atoms with Gasteiger partial charge in [-0.1, -0.05) is 11.6 Å². The maximum absolute atomic E-state index is 12.4. The van der Waals surface area contributed by atoms with E-state index >= 15 is 0 Å². The highest BCUT2D eigenvalue weighted by molar-refractivity contribution is 5.75. The Hall–Kier alpha value is -1.06. The van der Waals surface area contributed by atoms with Crippen LogP contribution in [-0.2, 0) is 0 Å². The van der Waals surface area contributed by atoms with Crippen molar-refractivity contribution in [2.45, 2.75) is 26.4 Å². The van der Waals surface area contributed by atoms with E-state index in [1.165, 1.54) is 10.5 Å². The number of amides is 2. The smallest absolute Gasteiger partial charge is 0.317 e.